The quantitative estimate of drug-likeness (QED) is 0.603. The monoisotopic (exact) mass is 294 g/mol. The summed E-state index contributed by atoms with van der Waals surface area (Å²) in [7, 11) is 0. The van der Waals surface area contributed by atoms with Crippen molar-refractivity contribution in [2.24, 2.45) is 0 Å². The molecule has 0 bridgehead atoms. The van der Waals surface area contributed by atoms with Gasteiger partial charge in [-0.1, -0.05) is 23.7 Å². The standard InChI is InChI=1S/C15H19ClN2S/c1-15(11-17,18-12-7-8-12)9-4-10-19-14-6-3-2-5-13(14)16/h2-3,5-6,12,18H,4,7-10H2,1H3. The van der Waals surface area contributed by atoms with E-state index in [1.807, 2.05) is 31.2 Å². The normalized spacial score (nSPS) is 17.7. The molecular formula is C15H19ClN2S. The number of hydrogen-bond acceptors (Lipinski definition) is 3. The molecule has 4 heteroatoms. The molecule has 0 heterocycles. The van der Waals surface area contributed by atoms with Gasteiger partial charge in [-0.2, -0.15) is 5.26 Å². The fourth-order valence-electron chi connectivity index (χ4n) is 2.01. The van der Waals surface area contributed by atoms with Crippen LogP contribution < -0.4 is 5.32 Å². The van der Waals surface area contributed by atoms with Crippen LogP contribution in [-0.2, 0) is 0 Å². The molecule has 102 valence electrons. The SMILES string of the molecule is CC(C#N)(CCCSc1ccccc1Cl)NC1CC1. The number of nitriles is 1. The second-order valence-electron chi connectivity index (χ2n) is 5.24. The van der Waals surface area contributed by atoms with Crippen LogP contribution >= 0.6 is 23.4 Å². The molecule has 0 amide bonds. The molecule has 1 aliphatic rings. The third-order valence-electron chi connectivity index (χ3n) is 3.26. The average Bonchev–Trinajstić information content (AvgIpc) is 3.20. The Morgan fingerprint density at radius 1 is 1.47 bits per heavy atom. The topological polar surface area (TPSA) is 35.8 Å². The molecular weight excluding hydrogens is 276 g/mol. The van der Waals surface area contributed by atoms with Crippen LogP contribution in [0.3, 0.4) is 0 Å². The van der Waals surface area contributed by atoms with Gasteiger partial charge >= 0.3 is 0 Å². The van der Waals surface area contributed by atoms with Crippen molar-refractivity contribution in [3.63, 3.8) is 0 Å². The zero-order valence-electron chi connectivity index (χ0n) is 11.2. The van der Waals surface area contributed by atoms with Gasteiger partial charge < -0.3 is 0 Å². The molecule has 0 spiro atoms. The molecule has 0 aliphatic heterocycles. The van der Waals surface area contributed by atoms with Crippen LogP contribution in [0.15, 0.2) is 29.2 Å². The van der Waals surface area contributed by atoms with Gasteiger partial charge in [0.1, 0.15) is 5.54 Å². The van der Waals surface area contributed by atoms with Crippen LogP contribution in [0.4, 0.5) is 0 Å². The Kier molecular flexibility index (Phi) is 5.15. The van der Waals surface area contributed by atoms with Crippen molar-refractivity contribution in [3.8, 4) is 6.07 Å². The van der Waals surface area contributed by atoms with Crippen molar-refractivity contribution < 1.29 is 0 Å². The molecule has 1 atom stereocenters. The van der Waals surface area contributed by atoms with E-state index in [9.17, 15) is 5.26 Å². The highest BCUT2D eigenvalue weighted by molar-refractivity contribution is 7.99. The number of thioether (sulfide) groups is 1. The number of benzene rings is 1. The largest absolute Gasteiger partial charge is 0.297 e. The third-order valence-corrected chi connectivity index (χ3v) is 4.86. The van der Waals surface area contributed by atoms with E-state index in [0.717, 1.165) is 28.5 Å². The maximum Gasteiger partial charge on any atom is 0.104 e. The maximum absolute atomic E-state index is 9.28. The number of nitrogens with zero attached hydrogens (tertiary/aromatic N) is 1. The molecule has 0 saturated heterocycles. The fourth-order valence-corrected chi connectivity index (χ4v) is 3.20. The summed E-state index contributed by atoms with van der Waals surface area (Å²) in [6, 6.07) is 10.9. The molecule has 2 rings (SSSR count). The van der Waals surface area contributed by atoms with Crippen molar-refractivity contribution in [1.29, 1.82) is 5.26 Å². The van der Waals surface area contributed by atoms with Gasteiger partial charge in [0.15, 0.2) is 0 Å². The van der Waals surface area contributed by atoms with E-state index in [1.165, 1.54) is 12.8 Å². The lowest BCUT2D eigenvalue weighted by atomic mass is 9.98. The molecule has 1 N–H and O–H groups in total. The van der Waals surface area contributed by atoms with Crippen LogP contribution in [0.1, 0.15) is 32.6 Å². The van der Waals surface area contributed by atoms with Crippen molar-refractivity contribution in [2.45, 2.75) is 49.1 Å². The van der Waals surface area contributed by atoms with Gasteiger partial charge in [-0.3, -0.25) is 5.32 Å². The molecule has 1 aliphatic carbocycles. The second-order valence-corrected chi connectivity index (χ2v) is 6.79. The van der Waals surface area contributed by atoms with Crippen LogP contribution in [-0.4, -0.2) is 17.3 Å². The van der Waals surface area contributed by atoms with Gasteiger partial charge in [-0.05, 0) is 50.5 Å². The fraction of sp³-hybridized carbons (Fsp3) is 0.533. The summed E-state index contributed by atoms with van der Waals surface area (Å²) in [5.74, 6) is 0.993. The van der Waals surface area contributed by atoms with Crippen molar-refractivity contribution in [2.75, 3.05) is 5.75 Å². The van der Waals surface area contributed by atoms with Gasteiger partial charge in [0, 0.05) is 10.9 Å². The summed E-state index contributed by atoms with van der Waals surface area (Å²) in [6.07, 6.45) is 4.33. The van der Waals surface area contributed by atoms with Gasteiger partial charge in [-0.15, -0.1) is 11.8 Å². The Morgan fingerprint density at radius 2 is 2.21 bits per heavy atom. The van der Waals surface area contributed by atoms with E-state index in [0.29, 0.717) is 6.04 Å². The summed E-state index contributed by atoms with van der Waals surface area (Å²) in [6.45, 7) is 2.01. The smallest absolute Gasteiger partial charge is 0.104 e. The summed E-state index contributed by atoms with van der Waals surface area (Å²) in [5.41, 5.74) is -0.373. The van der Waals surface area contributed by atoms with E-state index < -0.39 is 0 Å². The second kappa shape index (κ2) is 6.65. The third kappa shape index (κ3) is 4.72. The van der Waals surface area contributed by atoms with Crippen molar-refractivity contribution in [3.05, 3.63) is 29.3 Å². The van der Waals surface area contributed by atoms with E-state index in [1.54, 1.807) is 11.8 Å². The number of hydrogen-bond donors (Lipinski definition) is 1. The van der Waals surface area contributed by atoms with E-state index in [-0.39, 0.29) is 5.54 Å². The van der Waals surface area contributed by atoms with Gasteiger partial charge in [0.05, 0.1) is 11.1 Å². The van der Waals surface area contributed by atoms with E-state index in [4.69, 9.17) is 11.6 Å². The highest BCUT2D eigenvalue weighted by atomic mass is 35.5. The lowest BCUT2D eigenvalue weighted by Crippen LogP contribution is -2.42. The van der Waals surface area contributed by atoms with Gasteiger partial charge in [0.2, 0.25) is 0 Å². The first-order valence-electron chi connectivity index (χ1n) is 6.69. The van der Waals surface area contributed by atoms with Crippen molar-refractivity contribution >= 4 is 23.4 Å². The number of nitrogens with one attached hydrogen (secondary N) is 1. The first-order valence-corrected chi connectivity index (χ1v) is 8.06. The maximum atomic E-state index is 9.28. The van der Waals surface area contributed by atoms with Crippen LogP contribution in [0.5, 0.6) is 0 Å². The Hall–Kier alpha value is -0.690. The molecule has 2 nitrogen and oxygen atoms in total. The minimum Gasteiger partial charge on any atom is -0.297 e. The highest BCUT2D eigenvalue weighted by Gasteiger charge is 2.31. The Labute approximate surface area is 124 Å². The van der Waals surface area contributed by atoms with Gasteiger partial charge in [-0.25, -0.2) is 0 Å². The molecule has 1 saturated carbocycles. The molecule has 1 aromatic rings. The lowest BCUT2D eigenvalue weighted by molar-refractivity contribution is 0.412. The first-order chi connectivity index (χ1) is 9.13. The first kappa shape index (κ1) is 14.7. The molecule has 1 aromatic carbocycles. The van der Waals surface area contributed by atoms with Crippen LogP contribution in [0.25, 0.3) is 0 Å². The molecule has 0 radical (unpaired) electrons. The molecule has 0 aromatic heterocycles. The minimum atomic E-state index is -0.373. The predicted octanol–water partition coefficient (Wildman–Crippen LogP) is 4.25. The van der Waals surface area contributed by atoms with Gasteiger partial charge in [0.25, 0.3) is 0 Å². The summed E-state index contributed by atoms with van der Waals surface area (Å²) in [4.78, 5) is 1.12. The molecule has 1 unspecified atom stereocenters. The minimum absolute atomic E-state index is 0.373. The van der Waals surface area contributed by atoms with E-state index >= 15 is 0 Å². The number of halogens is 1. The average molecular weight is 295 g/mol. The zero-order valence-corrected chi connectivity index (χ0v) is 12.7. The van der Waals surface area contributed by atoms with Crippen molar-refractivity contribution in [1.82, 2.24) is 5.32 Å². The lowest BCUT2D eigenvalue weighted by Gasteiger charge is -2.23. The predicted molar refractivity (Wildman–Crippen MR) is 81.6 cm³/mol. The van der Waals surface area contributed by atoms with Crippen LogP contribution in [0, 0.1) is 11.3 Å². The summed E-state index contributed by atoms with van der Waals surface area (Å²) >= 11 is 7.88. The zero-order chi connectivity index (χ0) is 13.7. The number of rotatable bonds is 7. The summed E-state index contributed by atoms with van der Waals surface area (Å²) < 4.78 is 0. The molecule has 19 heavy (non-hydrogen) atoms. The Morgan fingerprint density at radius 3 is 2.84 bits per heavy atom. The van der Waals surface area contributed by atoms with E-state index in [2.05, 4.69) is 11.4 Å². The highest BCUT2D eigenvalue weighted by Crippen LogP contribution is 2.29. The van der Waals surface area contributed by atoms with Crippen LogP contribution in [0.2, 0.25) is 5.02 Å². The molecule has 1 fully saturated rings. The Balaban J connectivity index is 1.74. The summed E-state index contributed by atoms with van der Waals surface area (Å²) in [5, 5.41) is 13.5. The Bertz CT molecular complexity index is 467.